The lowest BCUT2D eigenvalue weighted by Crippen LogP contribution is -2.26. The third kappa shape index (κ3) is 3.90. The van der Waals surface area contributed by atoms with E-state index in [1.165, 1.54) is 13.2 Å². The van der Waals surface area contributed by atoms with Crippen molar-refractivity contribution in [3.63, 3.8) is 0 Å². The monoisotopic (exact) mass is 361 g/mol. The molecule has 3 aromatic rings. The molecule has 0 aliphatic carbocycles. The van der Waals surface area contributed by atoms with E-state index in [0.29, 0.717) is 24.0 Å². The van der Waals surface area contributed by atoms with Crippen molar-refractivity contribution in [2.75, 3.05) is 13.7 Å². The Morgan fingerprint density at radius 3 is 2.88 bits per heavy atom. The standard InChI is InChI=1S/C18H17F2N3O3/c1-25-15-9-11(5-6-14(15)26-18(19)20)7-8-21-17(24)13-4-2-3-12-10-22-23-16(12)13/h2-6,9-10,18H,7-8H2,1H3,(H,21,24)(H,22,23). The lowest BCUT2D eigenvalue weighted by atomic mass is 10.1. The zero-order valence-corrected chi connectivity index (χ0v) is 14.0. The number of benzene rings is 2. The van der Waals surface area contributed by atoms with E-state index >= 15 is 0 Å². The molecule has 1 amide bonds. The molecule has 0 bridgehead atoms. The molecule has 0 aliphatic heterocycles. The molecule has 0 fully saturated rings. The number of amides is 1. The minimum absolute atomic E-state index is 0.0267. The van der Waals surface area contributed by atoms with Crippen molar-refractivity contribution in [1.29, 1.82) is 0 Å². The molecule has 8 heteroatoms. The molecule has 136 valence electrons. The van der Waals surface area contributed by atoms with Gasteiger partial charge in [0.05, 0.1) is 24.4 Å². The normalized spacial score (nSPS) is 10.9. The Balaban J connectivity index is 1.62. The van der Waals surface area contributed by atoms with Gasteiger partial charge in [-0.2, -0.15) is 13.9 Å². The number of rotatable bonds is 7. The number of aromatic amines is 1. The van der Waals surface area contributed by atoms with Crippen LogP contribution in [0.25, 0.3) is 10.9 Å². The van der Waals surface area contributed by atoms with Gasteiger partial charge in [-0.05, 0) is 30.2 Å². The van der Waals surface area contributed by atoms with Crippen molar-refractivity contribution in [3.05, 3.63) is 53.7 Å². The number of carbonyl (C=O) groups is 1. The summed E-state index contributed by atoms with van der Waals surface area (Å²) < 4.78 is 34.1. The fraction of sp³-hybridized carbons (Fsp3) is 0.222. The summed E-state index contributed by atoms with van der Waals surface area (Å²) in [6, 6.07) is 10.1. The van der Waals surface area contributed by atoms with E-state index in [1.807, 2.05) is 6.07 Å². The molecule has 1 heterocycles. The van der Waals surface area contributed by atoms with Crippen LogP contribution >= 0.6 is 0 Å². The molecule has 1 aromatic heterocycles. The van der Waals surface area contributed by atoms with Gasteiger partial charge in [0.25, 0.3) is 5.91 Å². The average molecular weight is 361 g/mol. The third-order valence-corrected chi connectivity index (χ3v) is 3.86. The van der Waals surface area contributed by atoms with Gasteiger partial charge in [0.1, 0.15) is 0 Å². The fourth-order valence-corrected chi connectivity index (χ4v) is 2.63. The lowest BCUT2D eigenvalue weighted by Gasteiger charge is -2.12. The highest BCUT2D eigenvalue weighted by Crippen LogP contribution is 2.29. The summed E-state index contributed by atoms with van der Waals surface area (Å²) in [5.41, 5.74) is 2.02. The van der Waals surface area contributed by atoms with Crippen LogP contribution in [0.1, 0.15) is 15.9 Å². The van der Waals surface area contributed by atoms with E-state index in [1.54, 1.807) is 30.5 Å². The van der Waals surface area contributed by atoms with Crippen molar-refractivity contribution in [3.8, 4) is 11.5 Å². The summed E-state index contributed by atoms with van der Waals surface area (Å²) in [6.07, 6.45) is 2.16. The summed E-state index contributed by atoms with van der Waals surface area (Å²) in [5.74, 6) is -0.0259. The quantitative estimate of drug-likeness (QED) is 0.678. The summed E-state index contributed by atoms with van der Waals surface area (Å²) in [7, 11) is 1.38. The maximum Gasteiger partial charge on any atom is 0.387 e. The van der Waals surface area contributed by atoms with Gasteiger partial charge >= 0.3 is 6.61 Å². The first-order valence-corrected chi connectivity index (χ1v) is 7.90. The number of alkyl halides is 2. The number of nitrogens with zero attached hydrogens (tertiary/aromatic N) is 1. The molecular formula is C18H17F2N3O3. The zero-order valence-electron chi connectivity index (χ0n) is 14.0. The molecule has 2 N–H and O–H groups in total. The van der Waals surface area contributed by atoms with E-state index in [-0.39, 0.29) is 17.4 Å². The Bertz CT molecular complexity index is 912. The summed E-state index contributed by atoms with van der Waals surface area (Å²) in [6.45, 7) is -2.54. The van der Waals surface area contributed by atoms with Crippen LogP contribution in [-0.4, -0.2) is 36.4 Å². The molecule has 3 rings (SSSR count). The SMILES string of the molecule is COc1cc(CCNC(=O)c2cccc3cn[nH]c23)ccc1OC(F)F. The molecule has 0 unspecified atom stereocenters. The van der Waals surface area contributed by atoms with Crippen LogP contribution in [-0.2, 0) is 6.42 Å². The fourth-order valence-electron chi connectivity index (χ4n) is 2.63. The molecule has 6 nitrogen and oxygen atoms in total. The first kappa shape index (κ1) is 17.7. The second kappa shape index (κ2) is 7.81. The number of methoxy groups -OCH3 is 1. The number of ether oxygens (including phenoxy) is 2. The van der Waals surface area contributed by atoms with Crippen LogP contribution in [0.2, 0.25) is 0 Å². The van der Waals surface area contributed by atoms with Gasteiger partial charge in [0.2, 0.25) is 0 Å². The molecule has 0 saturated carbocycles. The van der Waals surface area contributed by atoms with Crippen molar-refractivity contribution < 1.29 is 23.0 Å². The number of aromatic nitrogens is 2. The van der Waals surface area contributed by atoms with E-state index in [9.17, 15) is 13.6 Å². The zero-order chi connectivity index (χ0) is 18.5. The molecule has 0 atom stereocenters. The topological polar surface area (TPSA) is 76.2 Å². The van der Waals surface area contributed by atoms with E-state index in [4.69, 9.17) is 4.74 Å². The highest BCUT2D eigenvalue weighted by atomic mass is 19.3. The van der Waals surface area contributed by atoms with E-state index in [2.05, 4.69) is 20.3 Å². The highest BCUT2D eigenvalue weighted by Gasteiger charge is 2.13. The number of para-hydroxylation sites is 1. The summed E-state index contributed by atoms with van der Waals surface area (Å²) >= 11 is 0. The van der Waals surface area contributed by atoms with Gasteiger partial charge in [0, 0.05) is 11.9 Å². The van der Waals surface area contributed by atoms with Crippen molar-refractivity contribution in [1.82, 2.24) is 15.5 Å². The number of carbonyl (C=O) groups excluding carboxylic acids is 1. The van der Waals surface area contributed by atoms with Crippen LogP contribution in [0, 0.1) is 0 Å². The predicted molar refractivity (Wildman–Crippen MR) is 91.8 cm³/mol. The third-order valence-electron chi connectivity index (χ3n) is 3.86. The van der Waals surface area contributed by atoms with Crippen LogP contribution < -0.4 is 14.8 Å². The van der Waals surface area contributed by atoms with Gasteiger partial charge in [-0.25, -0.2) is 0 Å². The number of H-pyrrole nitrogens is 1. The molecule has 26 heavy (non-hydrogen) atoms. The van der Waals surface area contributed by atoms with Gasteiger partial charge in [0.15, 0.2) is 11.5 Å². The minimum atomic E-state index is -2.92. The van der Waals surface area contributed by atoms with Gasteiger partial charge in [-0.3, -0.25) is 9.89 Å². The van der Waals surface area contributed by atoms with Crippen molar-refractivity contribution in [2.24, 2.45) is 0 Å². The van der Waals surface area contributed by atoms with Crippen LogP contribution in [0.15, 0.2) is 42.6 Å². The van der Waals surface area contributed by atoms with Crippen LogP contribution in [0.5, 0.6) is 11.5 Å². The van der Waals surface area contributed by atoms with E-state index in [0.717, 1.165) is 10.9 Å². The van der Waals surface area contributed by atoms with Crippen LogP contribution in [0.4, 0.5) is 8.78 Å². The number of hydrogen-bond acceptors (Lipinski definition) is 4. The largest absolute Gasteiger partial charge is 0.493 e. The summed E-state index contributed by atoms with van der Waals surface area (Å²) in [5, 5.41) is 10.4. The van der Waals surface area contributed by atoms with Crippen molar-refractivity contribution in [2.45, 2.75) is 13.0 Å². The lowest BCUT2D eigenvalue weighted by molar-refractivity contribution is -0.0512. The second-order valence-corrected chi connectivity index (χ2v) is 5.51. The van der Waals surface area contributed by atoms with Gasteiger partial charge in [-0.15, -0.1) is 0 Å². The Labute approximate surface area is 148 Å². The average Bonchev–Trinajstić information content (AvgIpc) is 3.11. The molecule has 2 aromatic carbocycles. The van der Waals surface area contributed by atoms with Gasteiger partial charge < -0.3 is 14.8 Å². The molecule has 0 radical (unpaired) electrons. The van der Waals surface area contributed by atoms with Crippen molar-refractivity contribution >= 4 is 16.8 Å². The maximum absolute atomic E-state index is 12.4. The Morgan fingerprint density at radius 2 is 2.12 bits per heavy atom. The second-order valence-electron chi connectivity index (χ2n) is 5.51. The minimum Gasteiger partial charge on any atom is -0.493 e. The first-order chi connectivity index (χ1) is 12.6. The Morgan fingerprint density at radius 1 is 1.27 bits per heavy atom. The van der Waals surface area contributed by atoms with E-state index < -0.39 is 6.61 Å². The smallest absolute Gasteiger partial charge is 0.387 e. The number of hydrogen-bond donors (Lipinski definition) is 2. The Hall–Kier alpha value is -3.16. The van der Waals surface area contributed by atoms with Gasteiger partial charge in [-0.1, -0.05) is 18.2 Å². The molecular weight excluding hydrogens is 344 g/mol. The summed E-state index contributed by atoms with van der Waals surface area (Å²) in [4.78, 5) is 12.4. The number of nitrogens with one attached hydrogen (secondary N) is 2. The Kier molecular flexibility index (Phi) is 5.31. The first-order valence-electron chi connectivity index (χ1n) is 7.90. The molecule has 0 spiro atoms. The molecule has 0 saturated heterocycles. The van der Waals surface area contributed by atoms with Crippen LogP contribution in [0.3, 0.4) is 0 Å². The maximum atomic E-state index is 12.4. The highest BCUT2D eigenvalue weighted by molar-refractivity contribution is 6.05. The predicted octanol–water partition coefficient (Wildman–Crippen LogP) is 3.15. The molecule has 0 aliphatic rings. The number of halogens is 2. The number of fused-ring (bicyclic) bond motifs is 1.